The van der Waals surface area contributed by atoms with Crippen LogP contribution >= 0.6 is 0 Å². The van der Waals surface area contributed by atoms with E-state index in [1.54, 1.807) is 30.2 Å². The van der Waals surface area contributed by atoms with Crippen LogP contribution < -0.4 is 9.47 Å². The number of rotatable bonds is 2. The van der Waals surface area contributed by atoms with Crippen molar-refractivity contribution in [3.8, 4) is 11.5 Å². The Kier molecular flexibility index (Phi) is 4.33. The second-order valence-corrected chi connectivity index (χ2v) is 9.27. The summed E-state index contributed by atoms with van der Waals surface area (Å²) in [6.07, 6.45) is 0.823. The predicted octanol–water partition coefficient (Wildman–Crippen LogP) is 4.23. The maximum atomic E-state index is 14.0. The van der Waals surface area contributed by atoms with Gasteiger partial charge in [0.05, 0.1) is 25.4 Å². The summed E-state index contributed by atoms with van der Waals surface area (Å²) in [7, 11) is 1.64. The van der Waals surface area contributed by atoms with Crippen molar-refractivity contribution in [3.63, 3.8) is 0 Å². The molecule has 30 heavy (non-hydrogen) atoms. The van der Waals surface area contributed by atoms with E-state index in [2.05, 4.69) is 13.8 Å². The lowest BCUT2D eigenvalue weighted by Gasteiger charge is -2.58. The smallest absolute Gasteiger partial charge is 0.256 e. The number of fused-ring (bicyclic) bond motifs is 3. The highest BCUT2D eigenvalue weighted by Crippen LogP contribution is 2.56. The van der Waals surface area contributed by atoms with Gasteiger partial charge in [-0.05, 0) is 38.5 Å². The number of amides is 1. The van der Waals surface area contributed by atoms with E-state index in [1.165, 1.54) is 6.07 Å². The van der Waals surface area contributed by atoms with Crippen molar-refractivity contribution in [1.82, 2.24) is 4.90 Å². The SMILES string of the molecule is COc1cccc2c1OC(C)(C)[C@H]1CC3(CO[C@H]21)CN(C(=O)c1ccccc1F)C3. The molecule has 3 aliphatic rings. The van der Waals surface area contributed by atoms with E-state index in [0.717, 1.165) is 17.7 Å². The molecule has 1 spiro atoms. The van der Waals surface area contributed by atoms with E-state index in [9.17, 15) is 9.18 Å². The third-order valence-electron chi connectivity index (χ3n) is 6.83. The number of hydrogen-bond donors (Lipinski definition) is 0. The van der Waals surface area contributed by atoms with E-state index >= 15 is 0 Å². The van der Waals surface area contributed by atoms with Gasteiger partial charge >= 0.3 is 0 Å². The Morgan fingerprint density at radius 3 is 2.67 bits per heavy atom. The quantitative estimate of drug-likeness (QED) is 0.742. The normalized spacial score (nSPS) is 25.5. The highest BCUT2D eigenvalue weighted by atomic mass is 19.1. The number of likely N-dealkylation sites (tertiary alicyclic amines) is 1. The molecular weight excluding hydrogens is 385 g/mol. The molecule has 0 aliphatic carbocycles. The fraction of sp³-hybridized carbons (Fsp3) is 0.458. The molecule has 2 fully saturated rings. The molecular formula is C24H26FNO4. The third-order valence-corrected chi connectivity index (χ3v) is 6.83. The largest absolute Gasteiger partial charge is 0.493 e. The summed E-state index contributed by atoms with van der Waals surface area (Å²) >= 11 is 0. The molecule has 6 heteroatoms. The summed E-state index contributed by atoms with van der Waals surface area (Å²) in [5.41, 5.74) is 0.603. The second-order valence-electron chi connectivity index (χ2n) is 9.27. The van der Waals surface area contributed by atoms with Crippen molar-refractivity contribution in [2.75, 3.05) is 26.8 Å². The second kappa shape index (κ2) is 6.71. The third kappa shape index (κ3) is 2.88. The lowest BCUT2D eigenvalue weighted by atomic mass is 9.64. The average Bonchev–Trinajstić information content (AvgIpc) is 2.71. The number of carbonyl (C=O) groups excluding carboxylic acids is 1. The van der Waals surface area contributed by atoms with Crippen LogP contribution in [0, 0.1) is 17.2 Å². The molecule has 0 bridgehead atoms. The number of halogens is 1. The molecule has 1 amide bonds. The molecule has 5 rings (SSSR count). The highest BCUT2D eigenvalue weighted by Gasteiger charge is 2.57. The number of para-hydroxylation sites is 1. The molecule has 0 aromatic heterocycles. The minimum absolute atomic E-state index is 0.0687. The van der Waals surface area contributed by atoms with Gasteiger partial charge in [0, 0.05) is 30.0 Å². The van der Waals surface area contributed by atoms with Crippen LogP contribution in [-0.2, 0) is 4.74 Å². The molecule has 5 nitrogen and oxygen atoms in total. The van der Waals surface area contributed by atoms with Crippen LogP contribution in [0.4, 0.5) is 4.39 Å². The van der Waals surface area contributed by atoms with Crippen molar-refractivity contribution in [3.05, 3.63) is 59.4 Å². The Labute approximate surface area is 175 Å². The van der Waals surface area contributed by atoms with Gasteiger partial charge < -0.3 is 19.1 Å². The van der Waals surface area contributed by atoms with Crippen LogP contribution in [0.2, 0.25) is 0 Å². The molecule has 0 N–H and O–H groups in total. The van der Waals surface area contributed by atoms with Gasteiger partial charge in [-0.3, -0.25) is 4.79 Å². The first-order chi connectivity index (χ1) is 14.3. The summed E-state index contributed by atoms with van der Waals surface area (Å²) < 4.78 is 32.3. The maximum absolute atomic E-state index is 14.0. The monoisotopic (exact) mass is 411 g/mol. The summed E-state index contributed by atoms with van der Waals surface area (Å²) in [6, 6.07) is 12.0. The minimum Gasteiger partial charge on any atom is -0.493 e. The summed E-state index contributed by atoms with van der Waals surface area (Å²) in [4.78, 5) is 14.4. The molecule has 0 saturated carbocycles. The van der Waals surface area contributed by atoms with E-state index in [4.69, 9.17) is 14.2 Å². The first-order valence-electron chi connectivity index (χ1n) is 10.3. The first-order valence-corrected chi connectivity index (χ1v) is 10.3. The van der Waals surface area contributed by atoms with Crippen LogP contribution in [0.5, 0.6) is 11.5 Å². The van der Waals surface area contributed by atoms with Crippen LogP contribution in [0.1, 0.15) is 42.3 Å². The number of ether oxygens (including phenoxy) is 3. The van der Waals surface area contributed by atoms with Crippen LogP contribution in [0.25, 0.3) is 0 Å². The Bertz CT molecular complexity index is 998. The molecule has 0 unspecified atom stereocenters. The minimum atomic E-state index is -0.476. The molecule has 3 heterocycles. The van der Waals surface area contributed by atoms with Crippen molar-refractivity contribution in [2.45, 2.75) is 32.0 Å². The number of methoxy groups -OCH3 is 1. The van der Waals surface area contributed by atoms with Crippen molar-refractivity contribution in [2.24, 2.45) is 11.3 Å². The predicted molar refractivity (Wildman–Crippen MR) is 109 cm³/mol. The van der Waals surface area contributed by atoms with Gasteiger partial charge in [-0.1, -0.05) is 24.3 Å². The van der Waals surface area contributed by atoms with E-state index < -0.39 is 11.4 Å². The van der Waals surface area contributed by atoms with Gasteiger partial charge in [0.1, 0.15) is 11.4 Å². The molecule has 2 atom stereocenters. The van der Waals surface area contributed by atoms with Gasteiger partial charge in [0.15, 0.2) is 11.5 Å². The zero-order valence-corrected chi connectivity index (χ0v) is 17.5. The molecule has 2 saturated heterocycles. The fourth-order valence-electron chi connectivity index (χ4n) is 5.23. The zero-order valence-electron chi connectivity index (χ0n) is 17.5. The molecule has 2 aromatic rings. The fourth-order valence-corrected chi connectivity index (χ4v) is 5.23. The first kappa shape index (κ1) is 19.4. The van der Waals surface area contributed by atoms with E-state index in [0.29, 0.717) is 25.4 Å². The van der Waals surface area contributed by atoms with Gasteiger partial charge in [0.25, 0.3) is 5.91 Å². The van der Waals surface area contributed by atoms with Gasteiger partial charge in [-0.2, -0.15) is 0 Å². The number of carbonyl (C=O) groups is 1. The summed E-state index contributed by atoms with van der Waals surface area (Å²) in [6.45, 7) is 5.89. The molecule has 2 aromatic carbocycles. The van der Waals surface area contributed by atoms with Crippen LogP contribution in [0.15, 0.2) is 42.5 Å². The van der Waals surface area contributed by atoms with Crippen LogP contribution in [-0.4, -0.2) is 43.2 Å². The van der Waals surface area contributed by atoms with Crippen molar-refractivity contribution < 1.29 is 23.4 Å². The number of benzene rings is 2. The Morgan fingerprint density at radius 2 is 1.93 bits per heavy atom. The molecule has 0 radical (unpaired) electrons. The summed E-state index contributed by atoms with van der Waals surface area (Å²) in [5, 5.41) is 0. The Balaban J connectivity index is 1.36. The summed E-state index contributed by atoms with van der Waals surface area (Å²) in [5.74, 6) is 0.891. The van der Waals surface area contributed by atoms with Gasteiger partial charge in [-0.15, -0.1) is 0 Å². The van der Waals surface area contributed by atoms with Crippen molar-refractivity contribution >= 4 is 5.91 Å². The van der Waals surface area contributed by atoms with Gasteiger partial charge in [0.2, 0.25) is 0 Å². The van der Waals surface area contributed by atoms with Crippen molar-refractivity contribution in [1.29, 1.82) is 0 Å². The zero-order chi connectivity index (χ0) is 21.1. The van der Waals surface area contributed by atoms with E-state index in [1.807, 2.05) is 18.2 Å². The van der Waals surface area contributed by atoms with Crippen LogP contribution in [0.3, 0.4) is 0 Å². The Hall–Kier alpha value is -2.60. The highest BCUT2D eigenvalue weighted by molar-refractivity contribution is 5.95. The number of nitrogens with zero attached hydrogens (tertiary/aromatic N) is 1. The lowest BCUT2D eigenvalue weighted by Crippen LogP contribution is -2.65. The number of hydrogen-bond acceptors (Lipinski definition) is 4. The maximum Gasteiger partial charge on any atom is 0.256 e. The standard InChI is InChI=1S/C24H26FNO4/c1-23(2)17-11-24(12-26(13-24)22(27)15-7-4-5-9-18(15)25)14-29-20(17)16-8-6-10-19(28-3)21(16)30-23/h4-10,17,20H,11-14H2,1-3H3/t17-,20+/m0/s1. The van der Waals surface area contributed by atoms with E-state index in [-0.39, 0.29) is 28.9 Å². The molecule has 158 valence electrons. The lowest BCUT2D eigenvalue weighted by molar-refractivity contribution is -0.192. The van der Waals surface area contributed by atoms with Gasteiger partial charge in [-0.25, -0.2) is 4.39 Å². The average molecular weight is 411 g/mol. The Morgan fingerprint density at radius 1 is 1.17 bits per heavy atom. The molecule has 3 aliphatic heterocycles. The topological polar surface area (TPSA) is 48.0 Å².